The lowest BCUT2D eigenvalue weighted by Gasteiger charge is -2.38. The zero-order valence-electron chi connectivity index (χ0n) is 10.4. The predicted octanol–water partition coefficient (Wildman–Crippen LogP) is 2.39. The molecule has 100 valence electrons. The van der Waals surface area contributed by atoms with Crippen LogP contribution in [0.3, 0.4) is 0 Å². The van der Waals surface area contributed by atoms with Crippen molar-refractivity contribution in [2.45, 2.75) is 30.7 Å². The van der Waals surface area contributed by atoms with Crippen molar-refractivity contribution in [1.82, 2.24) is 4.31 Å². The molecule has 0 N–H and O–H groups in total. The molecule has 3 aliphatic rings. The van der Waals surface area contributed by atoms with Gasteiger partial charge in [0.05, 0.1) is 11.3 Å². The van der Waals surface area contributed by atoms with Crippen LogP contribution in [0.25, 0.3) is 0 Å². The Hall–Kier alpha value is -1.62. The maximum atomic E-state index is 12.1. The molecule has 0 radical (unpaired) electrons. The third kappa shape index (κ3) is 2.42. The van der Waals surface area contributed by atoms with Gasteiger partial charge in [0.1, 0.15) is 17.6 Å². The van der Waals surface area contributed by atoms with E-state index in [0.717, 1.165) is 18.4 Å². The normalized spacial score (nSPS) is 28.4. The van der Waals surface area contributed by atoms with Crippen molar-refractivity contribution in [2.24, 2.45) is 0 Å². The Labute approximate surface area is 114 Å². The molecule has 1 aliphatic carbocycles. The first kappa shape index (κ1) is 12.4. The summed E-state index contributed by atoms with van der Waals surface area (Å²) in [4.78, 5) is 12.0. The molecule has 1 unspecified atom stereocenters. The Morgan fingerprint density at radius 2 is 2.05 bits per heavy atom. The first-order valence-corrected chi connectivity index (χ1v) is 7.51. The zero-order valence-corrected chi connectivity index (χ0v) is 11.2. The average Bonchev–Trinajstić information content (AvgIpc) is 2.47. The number of rotatable bonds is 2. The summed E-state index contributed by atoms with van der Waals surface area (Å²) in [6, 6.07) is 9.42. The fourth-order valence-corrected chi connectivity index (χ4v) is 3.91. The third-order valence-electron chi connectivity index (χ3n) is 3.43. The quantitative estimate of drug-likeness (QED) is 0.780. The Kier molecular flexibility index (Phi) is 3.38. The molecule has 2 bridgehead atoms. The molecule has 2 heterocycles. The van der Waals surface area contributed by atoms with E-state index in [1.165, 1.54) is 4.31 Å². The number of carbonyl (C=O) groups is 1. The SMILES string of the molecule is O=C(OCc1ccccc1)N1[C@H]2C=C[C@H](CC2)S1=O. The lowest BCUT2D eigenvalue weighted by Crippen LogP contribution is -2.50. The number of benzene rings is 1. The number of hydrogen-bond donors (Lipinski definition) is 0. The van der Waals surface area contributed by atoms with Gasteiger partial charge in [-0.05, 0) is 18.4 Å². The third-order valence-corrected chi connectivity index (χ3v) is 5.15. The van der Waals surface area contributed by atoms with Gasteiger partial charge >= 0.3 is 6.09 Å². The number of nitrogens with zero attached hydrogens (tertiary/aromatic N) is 1. The lowest BCUT2D eigenvalue weighted by atomic mass is 10.0. The highest BCUT2D eigenvalue weighted by Gasteiger charge is 2.40. The lowest BCUT2D eigenvalue weighted by molar-refractivity contribution is 0.112. The Bertz CT molecular complexity index is 529. The molecule has 1 aromatic carbocycles. The van der Waals surface area contributed by atoms with E-state index >= 15 is 0 Å². The highest BCUT2D eigenvalue weighted by atomic mass is 32.2. The number of ether oxygens (including phenoxy) is 1. The standard InChI is InChI=1S/C14H15NO3S/c16-14(18-10-11-4-2-1-3-5-11)15-12-6-8-13(9-7-12)19(15)17/h1-6,8,12-13H,7,9-10H2/t12-,13+,19?/m0/s1. The van der Waals surface area contributed by atoms with Crippen LogP contribution in [0.15, 0.2) is 42.5 Å². The molecule has 2 aliphatic heterocycles. The molecule has 1 amide bonds. The molecule has 19 heavy (non-hydrogen) atoms. The van der Waals surface area contributed by atoms with Gasteiger partial charge in [0.2, 0.25) is 0 Å². The average molecular weight is 277 g/mol. The maximum Gasteiger partial charge on any atom is 0.422 e. The highest BCUT2D eigenvalue weighted by molar-refractivity contribution is 7.84. The minimum atomic E-state index is -1.28. The Balaban J connectivity index is 1.65. The summed E-state index contributed by atoms with van der Waals surface area (Å²) in [6.07, 6.45) is 5.18. The number of amides is 1. The van der Waals surface area contributed by atoms with E-state index in [1.807, 2.05) is 42.5 Å². The van der Waals surface area contributed by atoms with Crippen molar-refractivity contribution in [3.8, 4) is 0 Å². The number of fused-ring (bicyclic) bond motifs is 2. The van der Waals surface area contributed by atoms with Gasteiger partial charge in [-0.25, -0.2) is 13.3 Å². The fraction of sp³-hybridized carbons (Fsp3) is 0.357. The van der Waals surface area contributed by atoms with Crippen molar-refractivity contribution in [2.75, 3.05) is 0 Å². The van der Waals surface area contributed by atoms with Gasteiger partial charge in [0, 0.05) is 0 Å². The first-order valence-electron chi connectivity index (χ1n) is 6.34. The molecule has 4 rings (SSSR count). The van der Waals surface area contributed by atoms with Crippen LogP contribution in [-0.2, 0) is 22.3 Å². The van der Waals surface area contributed by atoms with Gasteiger partial charge < -0.3 is 4.74 Å². The van der Waals surface area contributed by atoms with Crippen LogP contribution in [0, 0.1) is 0 Å². The maximum absolute atomic E-state index is 12.1. The number of carbonyl (C=O) groups excluding carboxylic acids is 1. The molecule has 0 saturated carbocycles. The van der Waals surface area contributed by atoms with Crippen LogP contribution in [0.5, 0.6) is 0 Å². The molecule has 3 atom stereocenters. The first-order chi connectivity index (χ1) is 9.25. The Morgan fingerprint density at radius 1 is 1.26 bits per heavy atom. The molecule has 1 saturated heterocycles. The van der Waals surface area contributed by atoms with Crippen LogP contribution in [-0.4, -0.2) is 25.9 Å². The molecule has 5 heteroatoms. The molecular formula is C14H15NO3S. The molecule has 1 fully saturated rings. The second-order valence-electron chi connectivity index (χ2n) is 4.71. The van der Waals surface area contributed by atoms with Crippen molar-refractivity contribution in [3.05, 3.63) is 48.0 Å². The van der Waals surface area contributed by atoms with E-state index in [1.54, 1.807) is 0 Å². The molecule has 4 nitrogen and oxygen atoms in total. The largest absolute Gasteiger partial charge is 0.444 e. The monoisotopic (exact) mass is 277 g/mol. The van der Waals surface area contributed by atoms with Gasteiger partial charge in [-0.1, -0.05) is 42.5 Å². The topological polar surface area (TPSA) is 46.6 Å². The summed E-state index contributed by atoms with van der Waals surface area (Å²) in [6.45, 7) is 0.217. The molecule has 0 spiro atoms. The zero-order chi connectivity index (χ0) is 13.2. The molecular weight excluding hydrogens is 262 g/mol. The summed E-state index contributed by atoms with van der Waals surface area (Å²) in [5, 5.41) is -0.0331. The Morgan fingerprint density at radius 3 is 2.68 bits per heavy atom. The summed E-state index contributed by atoms with van der Waals surface area (Å²) in [5.74, 6) is 0. The second-order valence-corrected chi connectivity index (χ2v) is 6.26. The van der Waals surface area contributed by atoms with Crippen molar-refractivity contribution < 1.29 is 13.7 Å². The van der Waals surface area contributed by atoms with Gasteiger partial charge in [-0.15, -0.1) is 0 Å². The summed E-state index contributed by atoms with van der Waals surface area (Å²) < 4.78 is 18.7. The number of hydrogen-bond acceptors (Lipinski definition) is 3. The van der Waals surface area contributed by atoms with E-state index in [9.17, 15) is 9.00 Å². The van der Waals surface area contributed by atoms with Gasteiger partial charge in [0.25, 0.3) is 0 Å². The van der Waals surface area contributed by atoms with Crippen molar-refractivity contribution >= 4 is 17.1 Å². The van der Waals surface area contributed by atoms with Gasteiger partial charge in [-0.3, -0.25) is 0 Å². The van der Waals surface area contributed by atoms with E-state index in [0.29, 0.717) is 0 Å². The molecule has 0 aromatic heterocycles. The van der Waals surface area contributed by atoms with E-state index < -0.39 is 17.1 Å². The molecule has 1 aromatic rings. The van der Waals surface area contributed by atoms with Crippen LogP contribution in [0.1, 0.15) is 18.4 Å². The van der Waals surface area contributed by atoms with Crippen LogP contribution >= 0.6 is 0 Å². The van der Waals surface area contributed by atoms with Crippen molar-refractivity contribution in [3.63, 3.8) is 0 Å². The fourth-order valence-electron chi connectivity index (χ4n) is 2.41. The van der Waals surface area contributed by atoms with Crippen LogP contribution in [0.2, 0.25) is 0 Å². The summed E-state index contributed by atoms with van der Waals surface area (Å²) >= 11 is 0. The predicted molar refractivity (Wildman–Crippen MR) is 72.6 cm³/mol. The summed E-state index contributed by atoms with van der Waals surface area (Å²) in [5.41, 5.74) is 0.930. The highest BCUT2D eigenvalue weighted by Crippen LogP contribution is 2.30. The van der Waals surface area contributed by atoms with Gasteiger partial charge in [0.15, 0.2) is 0 Å². The second kappa shape index (κ2) is 5.17. The summed E-state index contributed by atoms with van der Waals surface area (Å²) in [7, 11) is -1.28. The van der Waals surface area contributed by atoms with Crippen LogP contribution in [0.4, 0.5) is 4.79 Å². The minimum absolute atomic E-state index is 0.0331. The van der Waals surface area contributed by atoms with Crippen LogP contribution < -0.4 is 0 Å². The van der Waals surface area contributed by atoms with E-state index in [4.69, 9.17) is 4.74 Å². The van der Waals surface area contributed by atoms with Crippen molar-refractivity contribution in [1.29, 1.82) is 0 Å². The van der Waals surface area contributed by atoms with Gasteiger partial charge in [-0.2, -0.15) is 0 Å². The minimum Gasteiger partial charge on any atom is -0.444 e. The van der Waals surface area contributed by atoms with E-state index in [-0.39, 0.29) is 17.9 Å². The smallest absolute Gasteiger partial charge is 0.422 e. The van der Waals surface area contributed by atoms with E-state index in [2.05, 4.69) is 0 Å².